The Kier molecular flexibility index (Phi) is 9.15. The van der Waals surface area contributed by atoms with Crippen LogP contribution < -0.4 is 28.7 Å². The number of nitrogens with zero attached hydrogens (tertiary/aromatic N) is 2. The van der Waals surface area contributed by atoms with Gasteiger partial charge in [-0.15, -0.1) is 0 Å². The van der Waals surface area contributed by atoms with E-state index in [1.807, 2.05) is 19.1 Å². The maximum atomic E-state index is 13.8. The predicted molar refractivity (Wildman–Crippen MR) is 150 cm³/mol. The number of amides is 1. The van der Waals surface area contributed by atoms with Crippen molar-refractivity contribution in [2.24, 2.45) is 0 Å². The molecule has 0 bridgehead atoms. The number of carbonyl (C=O) groups is 1. The number of nitrogens with one attached hydrogen (secondary N) is 1. The third kappa shape index (κ3) is 6.73. The molecule has 0 aromatic heterocycles. The molecule has 1 fully saturated rings. The molecule has 4 rings (SSSR count). The number of benzene rings is 3. The van der Waals surface area contributed by atoms with Crippen LogP contribution in [0.1, 0.15) is 6.92 Å². The van der Waals surface area contributed by atoms with Crippen LogP contribution in [-0.4, -0.2) is 68.0 Å². The Balaban J connectivity index is 1.58. The Hall–Kier alpha value is -3.96. The fourth-order valence-electron chi connectivity index (χ4n) is 4.20. The van der Waals surface area contributed by atoms with Gasteiger partial charge in [-0.3, -0.25) is 9.10 Å². The van der Waals surface area contributed by atoms with Gasteiger partial charge < -0.3 is 29.2 Å². The molecule has 0 spiro atoms. The lowest BCUT2D eigenvalue weighted by molar-refractivity contribution is -0.114. The van der Waals surface area contributed by atoms with Crippen LogP contribution in [0.15, 0.2) is 71.6 Å². The lowest BCUT2D eigenvalue weighted by Crippen LogP contribution is -2.38. The summed E-state index contributed by atoms with van der Waals surface area (Å²) in [6.07, 6.45) is 0. The van der Waals surface area contributed by atoms with Gasteiger partial charge in [-0.25, -0.2) is 8.42 Å². The molecule has 1 amide bonds. The van der Waals surface area contributed by atoms with Crippen LogP contribution in [0.25, 0.3) is 0 Å². The van der Waals surface area contributed by atoms with Gasteiger partial charge in [-0.2, -0.15) is 0 Å². The first kappa shape index (κ1) is 28.1. The number of hydrogen-bond acceptors (Lipinski definition) is 8. The molecule has 208 valence electrons. The standard InChI is InChI=1S/C28H33N3O7S/c1-4-38-24-11-9-23(10-12-24)31(39(33,34)25-13-14-26(35-2)27(19-25)36-3)20-28(32)29-21-5-7-22(8-6-21)30-15-17-37-18-16-30/h5-14,19H,4,15-18,20H2,1-3H3,(H,29,32). The number of ether oxygens (including phenoxy) is 4. The zero-order valence-corrected chi connectivity index (χ0v) is 23.1. The molecule has 10 nitrogen and oxygen atoms in total. The maximum absolute atomic E-state index is 13.8. The highest BCUT2D eigenvalue weighted by atomic mass is 32.2. The quantitative estimate of drug-likeness (QED) is 0.381. The summed E-state index contributed by atoms with van der Waals surface area (Å²) in [6, 6.07) is 18.3. The van der Waals surface area contributed by atoms with E-state index in [1.165, 1.54) is 32.4 Å². The van der Waals surface area contributed by atoms with Crippen molar-refractivity contribution in [1.29, 1.82) is 0 Å². The van der Waals surface area contributed by atoms with Crippen molar-refractivity contribution < 1.29 is 32.2 Å². The maximum Gasteiger partial charge on any atom is 0.264 e. The second-order valence-electron chi connectivity index (χ2n) is 8.65. The zero-order valence-electron chi connectivity index (χ0n) is 22.3. The number of anilines is 3. The van der Waals surface area contributed by atoms with Gasteiger partial charge in [-0.1, -0.05) is 0 Å². The number of carbonyl (C=O) groups excluding carboxylic acids is 1. The van der Waals surface area contributed by atoms with Crippen LogP contribution in [0.4, 0.5) is 17.1 Å². The number of sulfonamides is 1. The second-order valence-corrected chi connectivity index (χ2v) is 10.5. The number of hydrogen-bond donors (Lipinski definition) is 1. The first-order valence-electron chi connectivity index (χ1n) is 12.6. The molecule has 11 heteroatoms. The summed E-state index contributed by atoms with van der Waals surface area (Å²) in [7, 11) is -1.27. The Bertz CT molecular complexity index is 1360. The molecule has 0 aliphatic carbocycles. The molecule has 0 saturated carbocycles. The third-order valence-corrected chi connectivity index (χ3v) is 7.96. The molecule has 1 saturated heterocycles. The molecule has 1 aliphatic heterocycles. The van der Waals surface area contributed by atoms with Crippen LogP contribution in [0, 0.1) is 0 Å². The Labute approximate surface area is 229 Å². The first-order valence-corrected chi connectivity index (χ1v) is 14.0. The van der Waals surface area contributed by atoms with Gasteiger partial charge in [0, 0.05) is 30.5 Å². The average Bonchev–Trinajstić information content (AvgIpc) is 2.97. The Morgan fingerprint density at radius 3 is 2.23 bits per heavy atom. The molecular formula is C28H33N3O7S. The van der Waals surface area contributed by atoms with Gasteiger partial charge in [0.15, 0.2) is 11.5 Å². The normalized spacial score (nSPS) is 13.5. The Morgan fingerprint density at radius 2 is 1.62 bits per heavy atom. The molecular weight excluding hydrogens is 522 g/mol. The average molecular weight is 556 g/mol. The molecule has 3 aromatic carbocycles. The summed E-state index contributed by atoms with van der Waals surface area (Å²) >= 11 is 0. The topological polar surface area (TPSA) is 107 Å². The van der Waals surface area contributed by atoms with E-state index in [2.05, 4.69) is 10.2 Å². The summed E-state index contributed by atoms with van der Waals surface area (Å²) in [6.45, 7) is 4.84. The van der Waals surface area contributed by atoms with E-state index in [0.29, 0.717) is 42.7 Å². The van der Waals surface area contributed by atoms with Crippen LogP contribution in [0.5, 0.6) is 17.2 Å². The largest absolute Gasteiger partial charge is 0.494 e. The van der Waals surface area contributed by atoms with E-state index in [-0.39, 0.29) is 10.6 Å². The molecule has 0 unspecified atom stereocenters. The zero-order chi connectivity index (χ0) is 27.8. The minimum Gasteiger partial charge on any atom is -0.494 e. The summed E-state index contributed by atoms with van der Waals surface area (Å²) < 4.78 is 50.1. The molecule has 1 heterocycles. The van der Waals surface area contributed by atoms with Gasteiger partial charge in [0.25, 0.3) is 10.0 Å². The second kappa shape index (κ2) is 12.7. The van der Waals surface area contributed by atoms with Gasteiger partial charge in [-0.05, 0) is 67.6 Å². The summed E-state index contributed by atoms with van der Waals surface area (Å²) in [5.74, 6) is 0.749. The smallest absolute Gasteiger partial charge is 0.264 e. The highest BCUT2D eigenvalue weighted by molar-refractivity contribution is 7.92. The summed E-state index contributed by atoms with van der Waals surface area (Å²) in [4.78, 5) is 15.3. The number of morpholine rings is 1. The molecule has 3 aromatic rings. The molecule has 39 heavy (non-hydrogen) atoms. The lowest BCUT2D eigenvalue weighted by atomic mass is 10.2. The fraction of sp³-hybridized carbons (Fsp3) is 0.321. The van der Waals surface area contributed by atoms with Crippen LogP contribution >= 0.6 is 0 Å². The number of methoxy groups -OCH3 is 2. The summed E-state index contributed by atoms with van der Waals surface area (Å²) in [5.41, 5.74) is 1.90. The first-order chi connectivity index (χ1) is 18.8. The van der Waals surface area contributed by atoms with Gasteiger partial charge >= 0.3 is 0 Å². The minimum atomic E-state index is -4.17. The monoisotopic (exact) mass is 555 g/mol. The van der Waals surface area contributed by atoms with Crippen LogP contribution in [-0.2, 0) is 19.6 Å². The van der Waals surface area contributed by atoms with Crippen LogP contribution in [0.2, 0.25) is 0 Å². The molecule has 1 aliphatic rings. The van der Waals surface area contributed by atoms with Crippen molar-refractivity contribution >= 4 is 33.0 Å². The van der Waals surface area contributed by atoms with Crippen molar-refractivity contribution in [3.63, 3.8) is 0 Å². The van der Waals surface area contributed by atoms with E-state index < -0.39 is 22.5 Å². The van der Waals surface area contributed by atoms with E-state index in [9.17, 15) is 13.2 Å². The van der Waals surface area contributed by atoms with Gasteiger partial charge in [0.1, 0.15) is 12.3 Å². The molecule has 0 atom stereocenters. The van der Waals surface area contributed by atoms with Crippen molar-refractivity contribution in [2.75, 3.05) is 68.2 Å². The van der Waals surface area contributed by atoms with Gasteiger partial charge in [0.2, 0.25) is 5.91 Å². The van der Waals surface area contributed by atoms with Crippen molar-refractivity contribution in [3.8, 4) is 17.2 Å². The van der Waals surface area contributed by atoms with Gasteiger partial charge in [0.05, 0.1) is 44.6 Å². The van der Waals surface area contributed by atoms with Crippen molar-refractivity contribution in [1.82, 2.24) is 0 Å². The highest BCUT2D eigenvalue weighted by Gasteiger charge is 2.28. The number of rotatable bonds is 11. The predicted octanol–water partition coefficient (Wildman–Crippen LogP) is 3.77. The summed E-state index contributed by atoms with van der Waals surface area (Å²) in [5, 5.41) is 2.81. The molecule has 1 N–H and O–H groups in total. The molecule has 0 radical (unpaired) electrons. The van der Waals surface area contributed by atoms with Crippen molar-refractivity contribution in [3.05, 3.63) is 66.7 Å². The highest BCUT2D eigenvalue weighted by Crippen LogP contribution is 2.32. The van der Waals surface area contributed by atoms with E-state index in [0.717, 1.165) is 23.1 Å². The van der Waals surface area contributed by atoms with E-state index >= 15 is 0 Å². The fourth-order valence-corrected chi connectivity index (χ4v) is 5.64. The van der Waals surface area contributed by atoms with E-state index in [1.54, 1.807) is 36.4 Å². The van der Waals surface area contributed by atoms with E-state index in [4.69, 9.17) is 18.9 Å². The van der Waals surface area contributed by atoms with Crippen LogP contribution in [0.3, 0.4) is 0 Å². The minimum absolute atomic E-state index is 0.0447. The SMILES string of the molecule is CCOc1ccc(N(CC(=O)Nc2ccc(N3CCOCC3)cc2)S(=O)(=O)c2ccc(OC)c(OC)c2)cc1. The lowest BCUT2D eigenvalue weighted by Gasteiger charge is -2.29. The van der Waals surface area contributed by atoms with Crippen molar-refractivity contribution in [2.45, 2.75) is 11.8 Å². The Morgan fingerprint density at radius 1 is 0.949 bits per heavy atom. The third-order valence-electron chi connectivity index (χ3n) is 6.19.